The molecule has 130 valence electrons. The van der Waals surface area contributed by atoms with Crippen LogP contribution >= 0.6 is 0 Å². The monoisotopic (exact) mass is 339 g/mol. The summed E-state index contributed by atoms with van der Waals surface area (Å²) < 4.78 is 16.3. The molecule has 0 spiro atoms. The molecular formula is C20H21NO4. The lowest BCUT2D eigenvalue weighted by atomic mass is 10.1. The number of carbonyl (C=O) groups is 1. The van der Waals surface area contributed by atoms with Crippen molar-refractivity contribution in [3.63, 3.8) is 0 Å². The van der Waals surface area contributed by atoms with Gasteiger partial charge in [0.25, 0.3) is 0 Å². The van der Waals surface area contributed by atoms with Gasteiger partial charge in [-0.3, -0.25) is 4.79 Å². The maximum atomic E-state index is 12.3. The van der Waals surface area contributed by atoms with E-state index in [9.17, 15) is 4.79 Å². The normalized spacial score (nSPS) is 12.9. The first-order valence-corrected chi connectivity index (χ1v) is 8.11. The predicted molar refractivity (Wildman–Crippen MR) is 95.9 cm³/mol. The third-order valence-corrected chi connectivity index (χ3v) is 3.91. The standard InChI is InChI=1S/C20H21NO4/c1-21(14-16-6-8-18-19(13-16)25-11-10-24-18)20(22)9-7-15-4-3-5-17(12-15)23-2/h3-9,12-13H,10-11,14H2,1-2H3/b9-7+. The Hall–Kier alpha value is -2.95. The highest BCUT2D eigenvalue weighted by Crippen LogP contribution is 2.31. The Morgan fingerprint density at radius 3 is 2.76 bits per heavy atom. The number of amides is 1. The Morgan fingerprint density at radius 1 is 1.16 bits per heavy atom. The lowest BCUT2D eigenvalue weighted by Crippen LogP contribution is -2.24. The summed E-state index contributed by atoms with van der Waals surface area (Å²) in [5.41, 5.74) is 1.91. The van der Waals surface area contributed by atoms with Crippen LogP contribution in [0, 0.1) is 0 Å². The van der Waals surface area contributed by atoms with Crippen molar-refractivity contribution < 1.29 is 19.0 Å². The fraction of sp³-hybridized carbons (Fsp3) is 0.250. The van der Waals surface area contributed by atoms with Gasteiger partial charge in [0.2, 0.25) is 5.91 Å². The molecule has 0 saturated heterocycles. The molecule has 0 bridgehead atoms. The molecule has 0 saturated carbocycles. The maximum Gasteiger partial charge on any atom is 0.246 e. The number of rotatable bonds is 5. The fourth-order valence-corrected chi connectivity index (χ4v) is 2.58. The summed E-state index contributed by atoms with van der Waals surface area (Å²) in [5.74, 6) is 2.18. The van der Waals surface area contributed by atoms with Crippen LogP contribution in [0.4, 0.5) is 0 Å². The molecule has 2 aromatic rings. The van der Waals surface area contributed by atoms with Gasteiger partial charge in [0, 0.05) is 19.7 Å². The van der Waals surface area contributed by atoms with E-state index in [0.29, 0.717) is 19.8 Å². The molecule has 1 aliphatic heterocycles. The molecule has 5 heteroatoms. The summed E-state index contributed by atoms with van der Waals surface area (Å²) in [6.45, 7) is 1.62. The van der Waals surface area contributed by atoms with Gasteiger partial charge in [-0.25, -0.2) is 0 Å². The molecule has 0 N–H and O–H groups in total. The minimum Gasteiger partial charge on any atom is -0.497 e. The zero-order chi connectivity index (χ0) is 17.6. The zero-order valence-corrected chi connectivity index (χ0v) is 14.4. The maximum absolute atomic E-state index is 12.3. The van der Waals surface area contributed by atoms with Crippen molar-refractivity contribution in [1.82, 2.24) is 4.90 Å². The Kier molecular flexibility index (Phi) is 5.23. The second-order valence-corrected chi connectivity index (χ2v) is 5.78. The minimum atomic E-state index is -0.0716. The Morgan fingerprint density at radius 2 is 1.96 bits per heavy atom. The molecule has 1 heterocycles. The molecule has 0 unspecified atom stereocenters. The van der Waals surface area contributed by atoms with Gasteiger partial charge < -0.3 is 19.1 Å². The first kappa shape index (κ1) is 16.9. The first-order valence-electron chi connectivity index (χ1n) is 8.11. The topological polar surface area (TPSA) is 48.0 Å². The van der Waals surface area contributed by atoms with E-state index in [1.807, 2.05) is 42.5 Å². The van der Waals surface area contributed by atoms with E-state index in [1.165, 1.54) is 0 Å². The molecule has 25 heavy (non-hydrogen) atoms. The number of ether oxygens (including phenoxy) is 3. The van der Waals surface area contributed by atoms with Crippen LogP contribution in [0.3, 0.4) is 0 Å². The molecule has 5 nitrogen and oxygen atoms in total. The largest absolute Gasteiger partial charge is 0.497 e. The van der Waals surface area contributed by atoms with Crippen molar-refractivity contribution >= 4 is 12.0 Å². The van der Waals surface area contributed by atoms with Crippen LogP contribution in [0.5, 0.6) is 17.2 Å². The first-order chi connectivity index (χ1) is 12.2. The Bertz CT molecular complexity index is 785. The number of likely N-dealkylation sites (N-methyl/N-ethyl adjacent to an activating group) is 1. The molecule has 1 aliphatic rings. The van der Waals surface area contributed by atoms with E-state index in [0.717, 1.165) is 28.4 Å². The van der Waals surface area contributed by atoms with E-state index >= 15 is 0 Å². The van der Waals surface area contributed by atoms with Gasteiger partial charge >= 0.3 is 0 Å². The SMILES string of the molecule is COc1cccc(/C=C/C(=O)N(C)Cc2ccc3c(c2)OCCO3)c1. The minimum absolute atomic E-state index is 0.0716. The predicted octanol–water partition coefficient (Wildman–Crippen LogP) is 3.14. The summed E-state index contributed by atoms with van der Waals surface area (Å²) in [7, 11) is 3.39. The average molecular weight is 339 g/mol. The van der Waals surface area contributed by atoms with E-state index in [2.05, 4.69) is 0 Å². The summed E-state index contributed by atoms with van der Waals surface area (Å²) in [6.07, 6.45) is 3.35. The number of nitrogens with zero attached hydrogens (tertiary/aromatic N) is 1. The Balaban J connectivity index is 1.63. The number of methoxy groups -OCH3 is 1. The lowest BCUT2D eigenvalue weighted by Gasteiger charge is -2.20. The zero-order valence-electron chi connectivity index (χ0n) is 14.4. The van der Waals surface area contributed by atoms with Gasteiger partial charge in [0.05, 0.1) is 7.11 Å². The number of fused-ring (bicyclic) bond motifs is 1. The van der Waals surface area contributed by atoms with Gasteiger partial charge in [-0.1, -0.05) is 18.2 Å². The molecule has 0 aromatic heterocycles. The van der Waals surface area contributed by atoms with Gasteiger partial charge in [0.15, 0.2) is 11.5 Å². The number of hydrogen-bond acceptors (Lipinski definition) is 4. The van der Waals surface area contributed by atoms with E-state index in [1.54, 1.807) is 31.2 Å². The molecular weight excluding hydrogens is 318 g/mol. The van der Waals surface area contributed by atoms with Crippen LogP contribution in [0.15, 0.2) is 48.5 Å². The number of carbonyl (C=O) groups excluding carboxylic acids is 1. The van der Waals surface area contributed by atoms with Crippen molar-refractivity contribution in [2.45, 2.75) is 6.54 Å². The molecule has 3 rings (SSSR count). The smallest absolute Gasteiger partial charge is 0.246 e. The van der Waals surface area contributed by atoms with E-state index < -0.39 is 0 Å². The van der Waals surface area contributed by atoms with Crippen LogP contribution in [0.25, 0.3) is 6.08 Å². The highest BCUT2D eigenvalue weighted by Gasteiger charge is 2.13. The van der Waals surface area contributed by atoms with Gasteiger partial charge in [-0.2, -0.15) is 0 Å². The van der Waals surface area contributed by atoms with Crippen molar-refractivity contribution in [3.8, 4) is 17.2 Å². The van der Waals surface area contributed by atoms with E-state index in [4.69, 9.17) is 14.2 Å². The van der Waals surface area contributed by atoms with Crippen LogP contribution in [0.1, 0.15) is 11.1 Å². The fourth-order valence-electron chi connectivity index (χ4n) is 2.58. The summed E-state index contributed by atoms with van der Waals surface area (Å²) in [5, 5.41) is 0. The molecule has 1 amide bonds. The second kappa shape index (κ2) is 7.75. The summed E-state index contributed by atoms with van der Waals surface area (Å²) >= 11 is 0. The summed E-state index contributed by atoms with van der Waals surface area (Å²) in [4.78, 5) is 14.0. The third kappa shape index (κ3) is 4.32. The summed E-state index contributed by atoms with van der Waals surface area (Å²) in [6, 6.07) is 13.3. The van der Waals surface area contributed by atoms with Crippen LogP contribution in [-0.4, -0.2) is 38.2 Å². The number of hydrogen-bond donors (Lipinski definition) is 0. The lowest BCUT2D eigenvalue weighted by molar-refractivity contribution is -0.125. The highest BCUT2D eigenvalue weighted by atomic mass is 16.6. The second-order valence-electron chi connectivity index (χ2n) is 5.78. The average Bonchev–Trinajstić information content (AvgIpc) is 2.66. The van der Waals surface area contributed by atoms with E-state index in [-0.39, 0.29) is 5.91 Å². The van der Waals surface area contributed by atoms with Crippen molar-refractivity contribution in [2.75, 3.05) is 27.4 Å². The molecule has 2 aromatic carbocycles. The molecule has 0 aliphatic carbocycles. The quantitative estimate of drug-likeness (QED) is 0.785. The third-order valence-electron chi connectivity index (χ3n) is 3.91. The van der Waals surface area contributed by atoms with Crippen molar-refractivity contribution in [2.24, 2.45) is 0 Å². The van der Waals surface area contributed by atoms with Gasteiger partial charge in [-0.15, -0.1) is 0 Å². The van der Waals surface area contributed by atoms with Crippen LogP contribution < -0.4 is 14.2 Å². The van der Waals surface area contributed by atoms with Crippen molar-refractivity contribution in [3.05, 3.63) is 59.7 Å². The molecule has 0 radical (unpaired) electrons. The van der Waals surface area contributed by atoms with Crippen LogP contribution in [-0.2, 0) is 11.3 Å². The molecule has 0 atom stereocenters. The molecule has 0 fully saturated rings. The van der Waals surface area contributed by atoms with Gasteiger partial charge in [0.1, 0.15) is 19.0 Å². The highest BCUT2D eigenvalue weighted by molar-refractivity contribution is 5.91. The van der Waals surface area contributed by atoms with Crippen molar-refractivity contribution in [1.29, 1.82) is 0 Å². The number of benzene rings is 2. The van der Waals surface area contributed by atoms with Gasteiger partial charge in [-0.05, 0) is 41.5 Å². The van der Waals surface area contributed by atoms with Crippen LogP contribution in [0.2, 0.25) is 0 Å². The Labute approximate surface area is 147 Å².